The minimum absolute atomic E-state index is 0.267. The number of carbonyl (C=O) groups is 1. The smallest absolute Gasteiger partial charge is 0.311 e. The lowest BCUT2D eigenvalue weighted by Crippen LogP contribution is -2.30. The first-order valence-electron chi connectivity index (χ1n) is 5.99. The molecule has 0 fully saturated rings. The predicted octanol–water partition coefficient (Wildman–Crippen LogP) is 3.05. The molecule has 0 saturated carbocycles. The van der Waals surface area contributed by atoms with Crippen molar-refractivity contribution in [2.75, 3.05) is 14.2 Å². The van der Waals surface area contributed by atoms with Gasteiger partial charge in [-0.15, -0.1) is 0 Å². The van der Waals surface area contributed by atoms with Crippen LogP contribution in [0.2, 0.25) is 0 Å². The molecule has 5 heteroatoms. The Balaban J connectivity index is 2.98. The lowest BCUT2D eigenvalue weighted by Gasteiger charge is -2.26. The van der Waals surface area contributed by atoms with Crippen LogP contribution in [0.3, 0.4) is 0 Å². The van der Waals surface area contributed by atoms with Crippen molar-refractivity contribution >= 4 is 21.9 Å². The van der Waals surface area contributed by atoms with Gasteiger partial charge in [-0.25, -0.2) is 0 Å². The predicted molar refractivity (Wildman–Crippen MR) is 78.0 cm³/mol. The van der Waals surface area contributed by atoms with Crippen LogP contribution in [0.1, 0.15) is 31.9 Å². The van der Waals surface area contributed by atoms with Crippen LogP contribution < -0.4 is 10.5 Å². The Morgan fingerprint density at radius 2 is 2.05 bits per heavy atom. The molecule has 1 unspecified atom stereocenters. The molecule has 1 aromatic carbocycles. The van der Waals surface area contributed by atoms with Crippen LogP contribution in [0.5, 0.6) is 5.75 Å². The molecule has 0 spiro atoms. The fourth-order valence-electron chi connectivity index (χ4n) is 2.01. The fourth-order valence-corrected chi connectivity index (χ4v) is 2.39. The van der Waals surface area contributed by atoms with Crippen molar-refractivity contribution in [3.8, 4) is 5.75 Å². The molecule has 4 nitrogen and oxygen atoms in total. The highest BCUT2D eigenvalue weighted by Crippen LogP contribution is 2.35. The van der Waals surface area contributed by atoms with Crippen molar-refractivity contribution in [1.29, 1.82) is 0 Å². The summed E-state index contributed by atoms with van der Waals surface area (Å²) in [5, 5.41) is 0. The summed E-state index contributed by atoms with van der Waals surface area (Å²) >= 11 is 3.41. The van der Waals surface area contributed by atoms with Crippen molar-refractivity contribution in [3.63, 3.8) is 0 Å². The highest BCUT2D eigenvalue weighted by molar-refractivity contribution is 9.10. The maximum absolute atomic E-state index is 11.7. The molecular weight excluding hydrogens is 310 g/mol. The Hall–Kier alpha value is -1.07. The van der Waals surface area contributed by atoms with Crippen molar-refractivity contribution in [1.82, 2.24) is 0 Å². The highest BCUT2D eigenvalue weighted by Gasteiger charge is 2.32. The zero-order valence-corrected chi connectivity index (χ0v) is 13.3. The number of methoxy groups -OCH3 is 2. The SMILES string of the molecule is COC(=O)C(C)(C)CC(N)c1cc(Br)ccc1OC. The molecule has 0 amide bonds. The molecular formula is C14H20BrNO3. The molecule has 0 aliphatic carbocycles. The maximum atomic E-state index is 11.7. The number of nitrogens with two attached hydrogens (primary N) is 1. The maximum Gasteiger partial charge on any atom is 0.311 e. The van der Waals surface area contributed by atoms with Crippen LogP contribution in [-0.2, 0) is 9.53 Å². The Kier molecular flexibility index (Phi) is 5.38. The molecule has 0 aliphatic heterocycles. The Bertz CT molecular complexity index is 460. The zero-order chi connectivity index (χ0) is 14.6. The molecule has 0 saturated heterocycles. The standard InChI is InChI=1S/C14H20BrNO3/c1-14(2,13(17)19-4)8-11(16)10-7-9(15)5-6-12(10)18-3/h5-7,11H,8,16H2,1-4H3. The van der Waals surface area contributed by atoms with Gasteiger partial charge in [0, 0.05) is 16.1 Å². The normalized spacial score (nSPS) is 12.9. The Labute approximate surface area is 122 Å². The lowest BCUT2D eigenvalue weighted by atomic mass is 9.83. The second-order valence-electron chi connectivity index (χ2n) is 5.07. The van der Waals surface area contributed by atoms with E-state index in [2.05, 4.69) is 15.9 Å². The molecule has 0 radical (unpaired) electrons. The first kappa shape index (κ1) is 16.0. The van der Waals surface area contributed by atoms with E-state index in [9.17, 15) is 4.79 Å². The van der Waals surface area contributed by atoms with Crippen molar-refractivity contribution < 1.29 is 14.3 Å². The van der Waals surface area contributed by atoms with E-state index in [0.29, 0.717) is 6.42 Å². The number of rotatable bonds is 5. The summed E-state index contributed by atoms with van der Waals surface area (Å²) in [4.78, 5) is 11.7. The third-order valence-electron chi connectivity index (χ3n) is 3.06. The topological polar surface area (TPSA) is 61.5 Å². The van der Waals surface area contributed by atoms with Crippen LogP contribution in [-0.4, -0.2) is 20.2 Å². The van der Waals surface area contributed by atoms with E-state index in [-0.39, 0.29) is 12.0 Å². The van der Waals surface area contributed by atoms with Crippen LogP contribution >= 0.6 is 15.9 Å². The third-order valence-corrected chi connectivity index (χ3v) is 3.55. The average Bonchev–Trinajstić information content (AvgIpc) is 2.37. The fraction of sp³-hybridized carbons (Fsp3) is 0.500. The number of hydrogen-bond acceptors (Lipinski definition) is 4. The quantitative estimate of drug-likeness (QED) is 0.843. The molecule has 1 rings (SSSR count). The van der Waals surface area contributed by atoms with Crippen LogP contribution in [0.4, 0.5) is 0 Å². The summed E-state index contributed by atoms with van der Waals surface area (Å²) in [7, 11) is 2.99. The van der Waals surface area contributed by atoms with Gasteiger partial charge in [-0.1, -0.05) is 15.9 Å². The van der Waals surface area contributed by atoms with E-state index in [4.69, 9.17) is 15.2 Å². The summed E-state index contributed by atoms with van der Waals surface area (Å²) in [6, 6.07) is 5.35. The van der Waals surface area contributed by atoms with E-state index in [1.807, 2.05) is 32.0 Å². The van der Waals surface area contributed by atoms with Gasteiger partial charge in [-0.2, -0.15) is 0 Å². The Morgan fingerprint density at radius 1 is 1.42 bits per heavy atom. The van der Waals surface area contributed by atoms with Gasteiger partial charge >= 0.3 is 5.97 Å². The van der Waals surface area contributed by atoms with Crippen molar-refractivity contribution in [2.24, 2.45) is 11.1 Å². The Morgan fingerprint density at radius 3 is 2.58 bits per heavy atom. The second kappa shape index (κ2) is 6.39. The van der Waals surface area contributed by atoms with Gasteiger partial charge in [0.25, 0.3) is 0 Å². The van der Waals surface area contributed by atoms with Gasteiger partial charge < -0.3 is 15.2 Å². The molecule has 0 aliphatic rings. The number of benzene rings is 1. The highest BCUT2D eigenvalue weighted by atomic mass is 79.9. The molecule has 106 valence electrons. The van der Waals surface area contributed by atoms with E-state index < -0.39 is 5.41 Å². The minimum Gasteiger partial charge on any atom is -0.496 e. The lowest BCUT2D eigenvalue weighted by molar-refractivity contribution is -0.151. The van der Waals surface area contributed by atoms with Gasteiger partial charge in [-0.3, -0.25) is 4.79 Å². The summed E-state index contributed by atoms with van der Waals surface area (Å²) in [6.07, 6.45) is 0.479. The summed E-state index contributed by atoms with van der Waals surface area (Å²) in [5.74, 6) is 0.452. The van der Waals surface area contributed by atoms with Gasteiger partial charge in [-0.05, 0) is 38.5 Å². The average molecular weight is 330 g/mol. The summed E-state index contributed by atoms with van der Waals surface area (Å²) in [5.41, 5.74) is 6.44. The first-order valence-corrected chi connectivity index (χ1v) is 6.78. The number of esters is 1. The molecule has 2 N–H and O–H groups in total. The van der Waals surface area contributed by atoms with Crippen LogP contribution in [0.15, 0.2) is 22.7 Å². The van der Waals surface area contributed by atoms with Crippen LogP contribution in [0, 0.1) is 5.41 Å². The number of hydrogen-bond donors (Lipinski definition) is 1. The van der Waals surface area contributed by atoms with E-state index in [0.717, 1.165) is 15.8 Å². The number of ether oxygens (including phenoxy) is 2. The second-order valence-corrected chi connectivity index (χ2v) is 5.99. The molecule has 0 aromatic heterocycles. The number of carbonyl (C=O) groups excluding carboxylic acids is 1. The van der Waals surface area contributed by atoms with Gasteiger partial charge in [0.15, 0.2) is 0 Å². The van der Waals surface area contributed by atoms with E-state index >= 15 is 0 Å². The van der Waals surface area contributed by atoms with E-state index in [1.165, 1.54) is 7.11 Å². The van der Waals surface area contributed by atoms with Gasteiger partial charge in [0.05, 0.1) is 19.6 Å². The summed E-state index contributed by atoms with van der Waals surface area (Å²) < 4.78 is 11.0. The minimum atomic E-state index is -0.637. The third kappa shape index (κ3) is 3.94. The zero-order valence-electron chi connectivity index (χ0n) is 11.7. The first-order chi connectivity index (χ1) is 8.81. The molecule has 1 aromatic rings. The monoisotopic (exact) mass is 329 g/mol. The van der Waals surface area contributed by atoms with E-state index in [1.54, 1.807) is 7.11 Å². The van der Waals surface area contributed by atoms with Crippen molar-refractivity contribution in [3.05, 3.63) is 28.2 Å². The molecule has 19 heavy (non-hydrogen) atoms. The largest absolute Gasteiger partial charge is 0.496 e. The van der Waals surface area contributed by atoms with Crippen LogP contribution in [0.25, 0.3) is 0 Å². The number of halogens is 1. The molecule has 0 bridgehead atoms. The molecule has 1 atom stereocenters. The summed E-state index contributed by atoms with van der Waals surface area (Å²) in [6.45, 7) is 3.65. The van der Waals surface area contributed by atoms with Crippen molar-refractivity contribution in [2.45, 2.75) is 26.3 Å². The van der Waals surface area contributed by atoms with Gasteiger partial charge in [0.2, 0.25) is 0 Å². The molecule has 0 heterocycles. The van der Waals surface area contributed by atoms with Gasteiger partial charge in [0.1, 0.15) is 5.75 Å².